The first-order chi connectivity index (χ1) is 14.1. The van der Waals surface area contributed by atoms with E-state index in [0.29, 0.717) is 28.6 Å². The van der Waals surface area contributed by atoms with Crippen LogP contribution >= 0.6 is 11.6 Å². The second kappa shape index (κ2) is 8.20. The van der Waals surface area contributed by atoms with Gasteiger partial charge in [-0.15, -0.1) is 0 Å². The predicted octanol–water partition coefficient (Wildman–Crippen LogP) is 4.38. The average molecular weight is 405 g/mol. The van der Waals surface area contributed by atoms with Crippen LogP contribution in [0.3, 0.4) is 0 Å². The van der Waals surface area contributed by atoms with Gasteiger partial charge in [-0.25, -0.2) is 5.01 Å². The molecule has 1 saturated heterocycles. The van der Waals surface area contributed by atoms with Crippen LogP contribution in [0, 0.1) is 0 Å². The van der Waals surface area contributed by atoms with Crippen molar-refractivity contribution < 1.29 is 14.3 Å². The fourth-order valence-electron chi connectivity index (χ4n) is 2.98. The lowest BCUT2D eigenvalue weighted by molar-refractivity contribution is -0.117. The maximum absolute atomic E-state index is 12.8. The van der Waals surface area contributed by atoms with Gasteiger partial charge in [-0.2, -0.15) is 0 Å². The maximum atomic E-state index is 12.8. The maximum Gasteiger partial charge on any atom is 0.282 e. The summed E-state index contributed by atoms with van der Waals surface area (Å²) in [6.07, 6.45) is 1.54. The van der Waals surface area contributed by atoms with Gasteiger partial charge in [-0.05, 0) is 35.9 Å². The molecule has 5 nitrogen and oxygen atoms in total. The highest BCUT2D eigenvalue weighted by Gasteiger charge is 2.34. The Morgan fingerprint density at radius 3 is 2.48 bits per heavy atom. The molecule has 0 aliphatic carbocycles. The highest BCUT2D eigenvalue weighted by molar-refractivity contribution is 6.33. The molecule has 29 heavy (non-hydrogen) atoms. The van der Waals surface area contributed by atoms with Gasteiger partial charge in [0.25, 0.3) is 11.8 Å². The molecule has 3 aromatic carbocycles. The van der Waals surface area contributed by atoms with Crippen molar-refractivity contribution in [2.24, 2.45) is 0 Å². The Kier molecular flexibility index (Phi) is 5.31. The lowest BCUT2D eigenvalue weighted by atomic mass is 10.1. The van der Waals surface area contributed by atoms with Crippen molar-refractivity contribution in [3.63, 3.8) is 0 Å². The van der Waals surface area contributed by atoms with Crippen molar-refractivity contribution in [1.82, 2.24) is 5.43 Å². The van der Waals surface area contributed by atoms with Crippen LogP contribution < -0.4 is 15.2 Å². The van der Waals surface area contributed by atoms with Crippen molar-refractivity contribution in [2.75, 3.05) is 5.01 Å². The number of para-hydroxylation sites is 1. The van der Waals surface area contributed by atoms with Gasteiger partial charge < -0.3 is 4.74 Å². The highest BCUT2D eigenvalue weighted by atomic mass is 35.5. The van der Waals surface area contributed by atoms with Gasteiger partial charge in [0, 0.05) is 10.6 Å². The Morgan fingerprint density at radius 1 is 0.931 bits per heavy atom. The van der Waals surface area contributed by atoms with Gasteiger partial charge >= 0.3 is 0 Å². The molecule has 6 heteroatoms. The molecular weight excluding hydrogens is 388 g/mol. The first kappa shape index (κ1) is 18.8. The van der Waals surface area contributed by atoms with Crippen LogP contribution in [0.1, 0.15) is 11.1 Å². The largest absolute Gasteiger partial charge is 0.488 e. The minimum Gasteiger partial charge on any atom is -0.488 e. The number of nitrogens with one attached hydrogen (secondary N) is 1. The molecule has 0 saturated carbocycles. The third-order valence-electron chi connectivity index (χ3n) is 4.41. The average Bonchev–Trinajstić information content (AvgIpc) is 3.02. The second-order valence-corrected chi connectivity index (χ2v) is 6.87. The molecule has 0 bridgehead atoms. The lowest BCUT2D eigenvalue weighted by Crippen LogP contribution is -2.35. The van der Waals surface area contributed by atoms with Crippen molar-refractivity contribution in [2.45, 2.75) is 6.61 Å². The monoisotopic (exact) mass is 404 g/mol. The molecule has 144 valence electrons. The van der Waals surface area contributed by atoms with Crippen LogP contribution in [0.15, 0.2) is 84.4 Å². The summed E-state index contributed by atoms with van der Waals surface area (Å²) in [5.41, 5.74) is 4.77. The fourth-order valence-corrected chi connectivity index (χ4v) is 3.16. The summed E-state index contributed by atoms with van der Waals surface area (Å²) in [6, 6.07) is 23.8. The van der Waals surface area contributed by atoms with E-state index in [9.17, 15) is 9.59 Å². The van der Waals surface area contributed by atoms with Crippen LogP contribution in [-0.2, 0) is 16.2 Å². The molecule has 4 rings (SSSR count). The SMILES string of the molecule is O=C1NN(c2cccc(Cl)c2)C(=O)C1=Cc1ccccc1OCc1ccccc1. The molecule has 1 N–H and O–H groups in total. The van der Waals surface area contributed by atoms with E-state index in [-0.39, 0.29) is 5.57 Å². The summed E-state index contributed by atoms with van der Waals surface area (Å²) < 4.78 is 5.91. The third kappa shape index (κ3) is 4.15. The van der Waals surface area contributed by atoms with Crippen LogP contribution in [0.4, 0.5) is 5.69 Å². The zero-order valence-corrected chi connectivity index (χ0v) is 16.1. The van der Waals surface area contributed by atoms with Gasteiger partial charge in [-0.1, -0.05) is 66.2 Å². The zero-order chi connectivity index (χ0) is 20.2. The van der Waals surface area contributed by atoms with E-state index in [1.54, 1.807) is 42.5 Å². The number of ether oxygens (including phenoxy) is 1. The summed E-state index contributed by atoms with van der Waals surface area (Å²) in [6.45, 7) is 0.385. The Morgan fingerprint density at radius 2 is 1.69 bits per heavy atom. The summed E-state index contributed by atoms with van der Waals surface area (Å²) in [5, 5.41) is 1.66. The molecule has 0 spiro atoms. The highest BCUT2D eigenvalue weighted by Crippen LogP contribution is 2.27. The minimum atomic E-state index is -0.479. The fraction of sp³-hybridized carbons (Fsp3) is 0.0435. The molecule has 1 aliphatic rings. The zero-order valence-electron chi connectivity index (χ0n) is 15.3. The van der Waals surface area contributed by atoms with Gasteiger partial charge in [0.2, 0.25) is 0 Å². The van der Waals surface area contributed by atoms with E-state index >= 15 is 0 Å². The van der Waals surface area contributed by atoms with Crippen LogP contribution in [0.2, 0.25) is 5.02 Å². The summed E-state index contributed by atoms with van der Waals surface area (Å²) in [4.78, 5) is 25.2. The van der Waals surface area contributed by atoms with Crippen molar-refractivity contribution in [3.8, 4) is 5.75 Å². The van der Waals surface area contributed by atoms with Crippen LogP contribution in [0.25, 0.3) is 6.08 Å². The van der Waals surface area contributed by atoms with Crippen LogP contribution in [-0.4, -0.2) is 11.8 Å². The molecule has 1 fully saturated rings. The Hall–Kier alpha value is -3.57. The molecular formula is C23H17ClN2O3. The molecule has 1 heterocycles. The number of anilines is 1. The van der Waals surface area contributed by atoms with Gasteiger partial charge in [-0.3, -0.25) is 15.0 Å². The smallest absolute Gasteiger partial charge is 0.282 e. The summed E-state index contributed by atoms with van der Waals surface area (Å²) in [5.74, 6) is -0.339. The molecule has 3 aromatic rings. The van der Waals surface area contributed by atoms with Crippen molar-refractivity contribution >= 4 is 35.2 Å². The summed E-state index contributed by atoms with van der Waals surface area (Å²) >= 11 is 6.00. The molecule has 0 aromatic heterocycles. The molecule has 0 radical (unpaired) electrons. The predicted molar refractivity (Wildman–Crippen MR) is 112 cm³/mol. The number of benzene rings is 3. The second-order valence-electron chi connectivity index (χ2n) is 6.43. The standard InChI is InChI=1S/C23H17ClN2O3/c24-18-10-6-11-19(14-18)26-23(28)20(22(27)25-26)13-17-9-4-5-12-21(17)29-15-16-7-2-1-3-8-16/h1-14H,15H2,(H,25,27). The van der Waals surface area contributed by atoms with E-state index in [2.05, 4.69) is 5.43 Å². The van der Waals surface area contributed by atoms with E-state index in [4.69, 9.17) is 16.3 Å². The van der Waals surface area contributed by atoms with E-state index < -0.39 is 11.8 Å². The van der Waals surface area contributed by atoms with Crippen molar-refractivity contribution in [3.05, 3.63) is 101 Å². The Labute approximate surface area is 173 Å². The third-order valence-corrected chi connectivity index (χ3v) is 4.65. The first-order valence-electron chi connectivity index (χ1n) is 9.00. The first-order valence-corrected chi connectivity index (χ1v) is 9.38. The number of nitrogens with zero attached hydrogens (tertiary/aromatic N) is 1. The van der Waals surface area contributed by atoms with Crippen LogP contribution in [0.5, 0.6) is 5.75 Å². The van der Waals surface area contributed by atoms with E-state index in [0.717, 1.165) is 5.56 Å². The Balaban J connectivity index is 1.59. The molecule has 0 atom stereocenters. The molecule has 2 amide bonds. The van der Waals surface area contributed by atoms with Crippen molar-refractivity contribution in [1.29, 1.82) is 0 Å². The summed E-state index contributed by atoms with van der Waals surface area (Å²) in [7, 11) is 0. The lowest BCUT2D eigenvalue weighted by Gasteiger charge is -2.14. The number of halogens is 1. The van der Waals surface area contributed by atoms with E-state index in [1.165, 1.54) is 5.01 Å². The van der Waals surface area contributed by atoms with Gasteiger partial charge in [0.1, 0.15) is 17.9 Å². The number of carbonyl (C=O) groups is 2. The number of rotatable bonds is 5. The normalized spacial score (nSPS) is 14.9. The topological polar surface area (TPSA) is 58.6 Å². The molecule has 1 aliphatic heterocycles. The minimum absolute atomic E-state index is 0.0285. The van der Waals surface area contributed by atoms with E-state index in [1.807, 2.05) is 42.5 Å². The number of amides is 2. The number of hydrogen-bond acceptors (Lipinski definition) is 3. The number of carbonyl (C=O) groups excluding carboxylic acids is 2. The molecule has 0 unspecified atom stereocenters. The number of hydrogen-bond donors (Lipinski definition) is 1. The Bertz CT molecular complexity index is 1100. The van der Waals surface area contributed by atoms with Gasteiger partial charge in [0.15, 0.2) is 0 Å². The quantitative estimate of drug-likeness (QED) is 0.507. The van der Waals surface area contributed by atoms with Gasteiger partial charge in [0.05, 0.1) is 5.69 Å². The number of hydrazine groups is 1.